The maximum Gasteiger partial charge on any atom is 0.211 e. The number of hydrogen-bond acceptors (Lipinski definition) is 4. The quantitative estimate of drug-likeness (QED) is 0.683. The minimum atomic E-state index is -3.00. The Kier molecular flexibility index (Phi) is 5.85. The lowest BCUT2D eigenvalue weighted by atomic mass is 10.1. The van der Waals surface area contributed by atoms with E-state index in [-0.39, 0.29) is 0 Å². The van der Waals surface area contributed by atoms with Gasteiger partial charge in [-0.1, -0.05) is 0 Å². The van der Waals surface area contributed by atoms with Crippen LogP contribution in [0.3, 0.4) is 0 Å². The third-order valence-electron chi connectivity index (χ3n) is 3.41. The van der Waals surface area contributed by atoms with Crippen molar-refractivity contribution in [1.82, 2.24) is 14.5 Å². The first kappa shape index (κ1) is 14.9. The first-order chi connectivity index (χ1) is 7.95. The van der Waals surface area contributed by atoms with Crippen LogP contribution in [0.4, 0.5) is 0 Å². The van der Waals surface area contributed by atoms with Crippen LogP contribution in [-0.2, 0) is 10.0 Å². The van der Waals surface area contributed by atoms with Crippen LogP contribution in [0, 0.1) is 0 Å². The van der Waals surface area contributed by atoms with Crippen LogP contribution in [0.5, 0.6) is 0 Å². The fourth-order valence-corrected chi connectivity index (χ4v) is 3.06. The summed E-state index contributed by atoms with van der Waals surface area (Å²) in [5.41, 5.74) is 0. The van der Waals surface area contributed by atoms with E-state index >= 15 is 0 Å². The molecule has 0 aromatic carbocycles. The summed E-state index contributed by atoms with van der Waals surface area (Å²) in [4.78, 5) is 2.39. The molecule has 0 aromatic rings. The lowest BCUT2D eigenvalue weighted by Crippen LogP contribution is -2.51. The van der Waals surface area contributed by atoms with E-state index < -0.39 is 10.0 Å². The van der Waals surface area contributed by atoms with E-state index in [0.29, 0.717) is 19.1 Å². The molecule has 0 radical (unpaired) electrons. The fourth-order valence-electron chi connectivity index (χ4n) is 2.23. The number of nitrogens with one attached hydrogen (secondary N) is 1. The van der Waals surface area contributed by atoms with E-state index in [1.54, 1.807) is 4.31 Å². The molecule has 0 amide bonds. The van der Waals surface area contributed by atoms with E-state index in [9.17, 15) is 8.42 Å². The molecule has 1 aliphatic rings. The molecular formula is C11H25N3O2S. The first-order valence-electron chi connectivity index (χ1n) is 6.29. The topological polar surface area (TPSA) is 52.6 Å². The van der Waals surface area contributed by atoms with Gasteiger partial charge in [-0.2, -0.15) is 4.31 Å². The molecule has 0 aliphatic carbocycles. The summed E-state index contributed by atoms with van der Waals surface area (Å²) in [5, 5.41) is 3.15. The Balaban J connectivity index is 2.31. The van der Waals surface area contributed by atoms with Gasteiger partial charge in [-0.25, -0.2) is 8.42 Å². The first-order valence-corrected chi connectivity index (χ1v) is 8.13. The molecule has 0 spiro atoms. The van der Waals surface area contributed by atoms with Gasteiger partial charge < -0.3 is 5.32 Å². The van der Waals surface area contributed by atoms with Gasteiger partial charge in [0.15, 0.2) is 0 Å². The summed E-state index contributed by atoms with van der Waals surface area (Å²) in [6.45, 7) is 6.26. The Bertz CT molecular complexity index is 311. The van der Waals surface area contributed by atoms with Gasteiger partial charge in [0.1, 0.15) is 0 Å². The maximum atomic E-state index is 11.4. The van der Waals surface area contributed by atoms with Gasteiger partial charge in [-0.05, 0) is 33.4 Å². The molecule has 1 saturated heterocycles. The molecule has 0 bridgehead atoms. The number of hydrogen-bond donors (Lipinski definition) is 1. The molecule has 17 heavy (non-hydrogen) atoms. The Hall–Kier alpha value is -0.170. The summed E-state index contributed by atoms with van der Waals surface area (Å²) in [5.74, 6) is 0. The lowest BCUT2D eigenvalue weighted by molar-refractivity contribution is 0.139. The minimum absolute atomic E-state index is 0.546. The molecule has 1 fully saturated rings. The zero-order valence-electron chi connectivity index (χ0n) is 11.1. The Morgan fingerprint density at radius 2 is 1.82 bits per heavy atom. The fraction of sp³-hybridized carbons (Fsp3) is 1.00. The SMILES string of the molecule is CNCCCC(C)N1CCN(S(C)(=O)=O)CC1. The van der Waals surface area contributed by atoms with Crippen molar-refractivity contribution >= 4 is 10.0 Å². The lowest BCUT2D eigenvalue weighted by Gasteiger charge is -2.37. The monoisotopic (exact) mass is 263 g/mol. The smallest absolute Gasteiger partial charge is 0.211 e. The molecule has 0 saturated carbocycles. The zero-order chi connectivity index (χ0) is 12.9. The van der Waals surface area contributed by atoms with Crippen molar-refractivity contribution in [3.05, 3.63) is 0 Å². The van der Waals surface area contributed by atoms with Crippen molar-refractivity contribution in [1.29, 1.82) is 0 Å². The van der Waals surface area contributed by atoms with E-state index in [1.165, 1.54) is 19.1 Å². The van der Waals surface area contributed by atoms with Crippen molar-refractivity contribution in [2.45, 2.75) is 25.8 Å². The highest BCUT2D eigenvalue weighted by molar-refractivity contribution is 7.88. The zero-order valence-corrected chi connectivity index (χ0v) is 12.0. The van der Waals surface area contributed by atoms with Crippen LogP contribution in [0.2, 0.25) is 0 Å². The van der Waals surface area contributed by atoms with E-state index in [1.807, 2.05) is 7.05 Å². The van der Waals surface area contributed by atoms with Gasteiger partial charge >= 0.3 is 0 Å². The van der Waals surface area contributed by atoms with Gasteiger partial charge in [0.2, 0.25) is 10.0 Å². The average Bonchev–Trinajstić information content (AvgIpc) is 2.28. The predicted molar refractivity (Wildman–Crippen MR) is 70.6 cm³/mol. The summed E-state index contributed by atoms with van der Waals surface area (Å²) in [6.07, 6.45) is 3.63. The third-order valence-corrected chi connectivity index (χ3v) is 4.72. The van der Waals surface area contributed by atoms with Gasteiger partial charge in [0, 0.05) is 32.2 Å². The van der Waals surface area contributed by atoms with E-state index in [4.69, 9.17) is 0 Å². The van der Waals surface area contributed by atoms with Crippen molar-refractivity contribution in [3.63, 3.8) is 0 Å². The third kappa shape index (κ3) is 4.91. The Morgan fingerprint density at radius 3 is 2.29 bits per heavy atom. The summed E-state index contributed by atoms with van der Waals surface area (Å²) in [6, 6.07) is 0.546. The second-order valence-electron chi connectivity index (χ2n) is 4.79. The number of piperazine rings is 1. The molecule has 1 atom stereocenters. The van der Waals surface area contributed by atoms with Crippen LogP contribution in [-0.4, -0.2) is 69.7 Å². The van der Waals surface area contributed by atoms with Crippen molar-refractivity contribution < 1.29 is 8.42 Å². The molecule has 1 unspecified atom stereocenters. The second kappa shape index (κ2) is 6.68. The summed E-state index contributed by atoms with van der Waals surface area (Å²) >= 11 is 0. The van der Waals surface area contributed by atoms with Crippen LogP contribution in [0.1, 0.15) is 19.8 Å². The van der Waals surface area contributed by atoms with Crippen molar-refractivity contribution in [2.75, 3.05) is 46.0 Å². The normalized spacial score (nSPS) is 21.6. The highest BCUT2D eigenvalue weighted by atomic mass is 32.2. The number of nitrogens with zero attached hydrogens (tertiary/aromatic N) is 2. The molecule has 1 heterocycles. The molecule has 1 rings (SSSR count). The van der Waals surface area contributed by atoms with Crippen LogP contribution in [0.25, 0.3) is 0 Å². The van der Waals surface area contributed by atoms with Crippen LogP contribution >= 0.6 is 0 Å². The molecule has 1 aliphatic heterocycles. The Morgan fingerprint density at radius 1 is 1.24 bits per heavy atom. The average molecular weight is 263 g/mol. The molecule has 0 aromatic heterocycles. The molecule has 6 heteroatoms. The maximum absolute atomic E-state index is 11.4. The minimum Gasteiger partial charge on any atom is -0.320 e. The second-order valence-corrected chi connectivity index (χ2v) is 6.78. The van der Waals surface area contributed by atoms with Gasteiger partial charge in [-0.15, -0.1) is 0 Å². The number of sulfonamides is 1. The molecule has 102 valence electrons. The van der Waals surface area contributed by atoms with Crippen LogP contribution < -0.4 is 5.32 Å². The predicted octanol–water partition coefficient (Wildman–Crippen LogP) is -0.0483. The Labute approximate surface area is 105 Å². The van der Waals surface area contributed by atoms with E-state index in [2.05, 4.69) is 17.1 Å². The van der Waals surface area contributed by atoms with Crippen molar-refractivity contribution in [3.8, 4) is 0 Å². The van der Waals surface area contributed by atoms with Gasteiger partial charge in [0.25, 0.3) is 0 Å². The van der Waals surface area contributed by atoms with Gasteiger partial charge in [0.05, 0.1) is 6.26 Å². The standard InChI is InChI=1S/C11H25N3O2S/c1-11(5-4-6-12-2)13-7-9-14(10-8-13)17(3,15)16/h11-12H,4-10H2,1-3H3. The van der Waals surface area contributed by atoms with Crippen molar-refractivity contribution in [2.24, 2.45) is 0 Å². The molecule has 1 N–H and O–H groups in total. The summed E-state index contributed by atoms with van der Waals surface area (Å²) < 4.78 is 24.3. The highest BCUT2D eigenvalue weighted by Gasteiger charge is 2.25. The molecule has 5 nitrogen and oxygen atoms in total. The highest BCUT2D eigenvalue weighted by Crippen LogP contribution is 2.12. The van der Waals surface area contributed by atoms with E-state index in [0.717, 1.165) is 19.6 Å². The number of rotatable bonds is 6. The van der Waals surface area contributed by atoms with Crippen LogP contribution in [0.15, 0.2) is 0 Å². The molecular weight excluding hydrogens is 238 g/mol. The van der Waals surface area contributed by atoms with Gasteiger partial charge in [-0.3, -0.25) is 4.90 Å². The largest absolute Gasteiger partial charge is 0.320 e. The summed E-state index contributed by atoms with van der Waals surface area (Å²) in [7, 11) is -1.03.